The first-order valence-electron chi connectivity index (χ1n) is 4.13. The van der Waals surface area contributed by atoms with Gasteiger partial charge in [-0.05, 0) is 12.1 Å². The molecule has 1 aromatic rings. The maximum Gasteiger partial charge on any atom is 0.120 e. The molecule has 1 fully saturated rings. The number of benzene rings is 1. The molecule has 1 unspecified atom stereocenters. The molecule has 0 spiro atoms. The third-order valence-electron chi connectivity index (χ3n) is 1.85. The van der Waals surface area contributed by atoms with Crippen molar-refractivity contribution < 1.29 is 4.74 Å². The second kappa shape index (κ2) is 3.42. The number of hydrogen-bond acceptors (Lipinski definition) is 1. The molecule has 1 aliphatic heterocycles. The molecule has 1 heterocycles. The minimum absolute atomic E-state index is 0.185. The van der Waals surface area contributed by atoms with Crippen molar-refractivity contribution >= 4 is 0 Å². The summed E-state index contributed by atoms with van der Waals surface area (Å²) in [6.45, 7) is 0.869. The van der Waals surface area contributed by atoms with Crippen molar-refractivity contribution in [3.63, 3.8) is 0 Å². The van der Waals surface area contributed by atoms with Gasteiger partial charge >= 0.3 is 0 Å². The molecular formula is C11H10O. The summed E-state index contributed by atoms with van der Waals surface area (Å²) in [6, 6.07) is 9.99. The van der Waals surface area contributed by atoms with Gasteiger partial charge in [0.15, 0.2) is 0 Å². The summed E-state index contributed by atoms with van der Waals surface area (Å²) in [5.41, 5.74) is 1.06. The Morgan fingerprint density at radius 1 is 1.25 bits per heavy atom. The predicted molar refractivity (Wildman–Crippen MR) is 47.7 cm³/mol. The Morgan fingerprint density at radius 2 is 2.00 bits per heavy atom. The zero-order valence-corrected chi connectivity index (χ0v) is 6.79. The van der Waals surface area contributed by atoms with Crippen LogP contribution in [0.15, 0.2) is 30.3 Å². The summed E-state index contributed by atoms with van der Waals surface area (Å²) in [5, 5.41) is 0. The lowest BCUT2D eigenvalue weighted by atomic mass is 10.1. The molecule has 12 heavy (non-hydrogen) atoms. The van der Waals surface area contributed by atoms with Crippen molar-refractivity contribution in [3.8, 4) is 11.8 Å². The van der Waals surface area contributed by atoms with Crippen LogP contribution in [0.1, 0.15) is 12.0 Å². The molecule has 1 saturated heterocycles. The maximum absolute atomic E-state index is 5.18. The van der Waals surface area contributed by atoms with Crippen LogP contribution in [-0.4, -0.2) is 12.7 Å². The number of rotatable bonds is 0. The lowest BCUT2D eigenvalue weighted by molar-refractivity contribution is -0.0122. The first-order chi connectivity index (χ1) is 5.95. The number of hydrogen-bond donors (Lipinski definition) is 0. The Morgan fingerprint density at radius 3 is 2.58 bits per heavy atom. The molecular weight excluding hydrogens is 148 g/mol. The van der Waals surface area contributed by atoms with Gasteiger partial charge in [-0.15, -0.1) is 0 Å². The maximum atomic E-state index is 5.18. The standard InChI is InChI=1S/C11H10O/c1-2-4-10(5-3-1)6-7-11-8-9-12-11/h1-5,11H,8-9H2. The molecule has 1 heteroatoms. The molecule has 2 rings (SSSR count). The first kappa shape index (κ1) is 7.39. The SMILES string of the molecule is C(#CC1CCO1)c1ccccc1. The molecule has 0 aromatic heterocycles. The van der Waals surface area contributed by atoms with Crippen molar-refractivity contribution in [2.24, 2.45) is 0 Å². The third-order valence-corrected chi connectivity index (χ3v) is 1.85. The van der Waals surface area contributed by atoms with E-state index in [1.165, 1.54) is 0 Å². The summed E-state index contributed by atoms with van der Waals surface area (Å²) in [5.74, 6) is 6.13. The summed E-state index contributed by atoms with van der Waals surface area (Å²) in [7, 11) is 0. The normalized spacial score (nSPS) is 20.5. The van der Waals surface area contributed by atoms with Crippen LogP contribution in [0.5, 0.6) is 0 Å². The highest BCUT2D eigenvalue weighted by molar-refractivity contribution is 5.34. The second-order valence-electron chi connectivity index (χ2n) is 2.78. The molecule has 60 valence electrons. The molecule has 1 nitrogen and oxygen atoms in total. The molecule has 0 bridgehead atoms. The van der Waals surface area contributed by atoms with E-state index in [1.807, 2.05) is 30.3 Å². The zero-order chi connectivity index (χ0) is 8.23. The molecule has 0 aliphatic carbocycles. The van der Waals surface area contributed by atoms with E-state index in [0.717, 1.165) is 18.6 Å². The Bertz CT molecular complexity index is 301. The van der Waals surface area contributed by atoms with Crippen LogP contribution in [0, 0.1) is 11.8 Å². The van der Waals surface area contributed by atoms with E-state index in [-0.39, 0.29) is 6.10 Å². The fourth-order valence-corrected chi connectivity index (χ4v) is 1.03. The van der Waals surface area contributed by atoms with Crippen LogP contribution in [-0.2, 0) is 4.74 Å². The highest BCUT2D eigenvalue weighted by atomic mass is 16.5. The van der Waals surface area contributed by atoms with Crippen LogP contribution >= 0.6 is 0 Å². The van der Waals surface area contributed by atoms with E-state index in [1.54, 1.807) is 0 Å². The first-order valence-corrected chi connectivity index (χ1v) is 4.13. The molecule has 0 saturated carbocycles. The topological polar surface area (TPSA) is 9.23 Å². The van der Waals surface area contributed by atoms with E-state index in [4.69, 9.17) is 4.74 Å². The van der Waals surface area contributed by atoms with Crippen LogP contribution in [0.3, 0.4) is 0 Å². The lowest BCUT2D eigenvalue weighted by Crippen LogP contribution is -2.24. The van der Waals surface area contributed by atoms with Gasteiger partial charge in [-0.25, -0.2) is 0 Å². The van der Waals surface area contributed by atoms with E-state index in [0.29, 0.717) is 0 Å². The van der Waals surface area contributed by atoms with Gasteiger partial charge in [-0.1, -0.05) is 30.0 Å². The van der Waals surface area contributed by atoms with E-state index in [9.17, 15) is 0 Å². The fourth-order valence-electron chi connectivity index (χ4n) is 1.03. The van der Waals surface area contributed by atoms with Crippen LogP contribution in [0.2, 0.25) is 0 Å². The molecule has 1 atom stereocenters. The van der Waals surface area contributed by atoms with E-state index >= 15 is 0 Å². The quantitative estimate of drug-likeness (QED) is 0.523. The summed E-state index contributed by atoms with van der Waals surface area (Å²) >= 11 is 0. The highest BCUT2D eigenvalue weighted by Gasteiger charge is 2.13. The van der Waals surface area contributed by atoms with Gasteiger partial charge in [0.05, 0.1) is 6.61 Å². The van der Waals surface area contributed by atoms with Crippen LogP contribution < -0.4 is 0 Å². The van der Waals surface area contributed by atoms with Crippen molar-refractivity contribution in [1.29, 1.82) is 0 Å². The van der Waals surface area contributed by atoms with Crippen molar-refractivity contribution in [2.75, 3.05) is 6.61 Å². The van der Waals surface area contributed by atoms with Gasteiger partial charge in [0.25, 0.3) is 0 Å². The van der Waals surface area contributed by atoms with Gasteiger partial charge in [0.1, 0.15) is 6.10 Å². The average molecular weight is 158 g/mol. The van der Waals surface area contributed by atoms with Crippen molar-refractivity contribution in [1.82, 2.24) is 0 Å². The van der Waals surface area contributed by atoms with Gasteiger partial charge < -0.3 is 4.74 Å². The Balaban J connectivity index is 2.05. The van der Waals surface area contributed by atoms with E-state index in [2.05, 4.69) is 11.8 Å². The van der Waals surface area contributed by atoms with Gasteiger partial charge in [0.2, 0.25) is 0 Å². The summed E-state index contributed by atoms with van der Waals surface area (Å²) in [6.07, 6.45) is 1.27. The molecule has 0 N–H and O–H groups in total. The summed E-state index contributed by atoms with van der Waals surface area (Å²) in [4.78, 5) is 0. The predicted octanol–water partition coefficient (Wildman–Crippen LogP) is 1.83. The monoisotopic (exact) mass is 158 g/mol. The van der Waals surface area contributed by atoms with Crippen LogP contribution in [0.4, 0.5) is 0 Å². The van der Waals surface area contributed by atoms with Gasteiger partial charge in [-0.2, -0.15) is 0 Å². The largest absolute Gasteiger partial charge is 0.365 e. The minimum Gasteiger partial charge on any atom is -0.365 e. The number of ether oxygens (including phenoxy) is 1. The lowest BCUT2D eigenvalue weighted by Gasteiger charge is -2.20. The smallest absolute Gasteiger partial charge is 0.120 e. The Kier molecular flexibility index (Phi) is 2.11. The molecule has 1 aliphatic rings. The fraction of sp³-hybridized carbons (Fsp3) is 0.273. The second-order valence-corrected chi connectivity index (χ2v) is 2.78. The van der Waals surface area contributed by atoms with Crippen molar-refractivity contribution in [3.05, 3.63) is 35.9 Å². The third kappa shape index (κ3) is 1.66. The van der Waals surface area contributed by atoms with Gasteiger partial charge in [-0.3, -0.25) is 0 Å². The minimum atomic E-state index is 0.185. The summed E-state index contributed by atoms with van der Waals surface area (Å²) < 4.78 is 5.18. The van der Waals surface area contributed by atoms with Crippen LogP contribution in [0.25, 0.3) is 0 Å². The Hall–Kier alpha value is -1.26. The van der Waals surface area contributed by atoms with Crippen molar-refractivity contribution in [2.45, 2.75) is 12.5 Å². The molecule has 0 amide bonds. The molecule has 0 radical (unpaired) electrons. The zero-order valence-electron chi connectivity index (χ0n) is 6.79. The average Bonchev–Trinajstić information content (AvgIpc) is 2.04. The Labute approximate surface area is 72.4 Å². The molecule has 1 aromatic carbocycles. The highest BCUT2D eigenvalue weighted by Crippen LogP contribution is 2.09. The van der Waals surface area contributed by atoms with Gasteiger partial charge in [0, 0.05) is 12.0 Å². The van der Waals surface area contributed by atoms with E-state index < -0.39 is 0 Å².